The predicted octanol–water partition coefficient (Wildman–Crippen LogP) is 1.62. The summed E-state index contributed by atoms with van der Waals surface area (Å²) in [5.41, 5.74) is 0.938. The van der Waals surface area contributed by atoms with Gasteiger partial charge in [0.1, 0.15) is 5.75 Å². The van der Waals surface area contributed by atoms with E-state index in [0.717, 1.165) is 30.7 Å². The lowest BCUT2D eigenvalue weighted by molar-refractivity contribution is -0.139. The molecule has 0 unspecified atom stereocenters. The maximum Gasteiger partial charge on any atom is 0.317 e. The lowest BCUT2D eigenvalue weighted by Crippen LogP contribution is -2.55. The fraction of sp³-hybridized carbons (Fsp3) is 0.632. The van der Waals surface area contributed by atoms with Crippen molar-refractivity contribution in [3.8, 4) is 5.75 Å². The van der Waals surface area contributed by atoms with Crippen molar-refractivity contribution in [1.82, 2.24) is 9.62 Å². The van der Waals surface area contributed by atoms with Crippen LogP contribution in [0.5, 0.6) is 5.75 Å². The van der Waals surface area contributed by atoms with Crippen LogP contribution < -0.4 is 9.46 Å². The Morgan fingerprint density at radius 1 is 1.30 bits per heavy atom. The van der Waals surface area contributed by atoms with Gasteiger partial charge in [0.05, 0.1) is 18.0 Å². The molecule has 0 atom stereocenters. The van der Waals surface area contributed by atoms with Crippen LogP contribution in [0.2, 0.25) is 0 Å². The van der Waals surface area contributed by atoms with Crippen molar-refractivity contribution in [2.75, 3.05) is 19.7 Å². The summed E-state index contributed by atoms with van der Waals surface area (Å²) in [4.78, 5) is 13.4. The molecule has 148 valence electrons. The van der Waals surface area contributed by atoms with Gasteiger partial charge in [0.2, 0.25) is 10.0 Å². The molecule has 2 N–H and O–H groups in total. The Morgan fingerprint density at radius 3 is 2.78 bits per heavy atom. The van der Waals surface area contributed by atoms with Gasteiger partial charge in [-0.1, -0.05) is 0 Å². The molecule has 0 aromatic heterocycles. The summed E-state index contributed by atoms with van der Waals surface area (Å²) in [5, 5.41) is 9.12. The van der Waals surface area contributed by atoms with Crippen molar-refractivity contribution in [1.29, 1.82) is 0 Å². The fourth-order valence-electron chi connectivity index (χ4n) is 3.92. The van der Waals surface area contributed by atoms with E-state index in [0.29, 0.717) is 25.4 Å². The van der Waals surface area contributed by atoms with Gasteiger partial charge >= 0.3 is 5.97 Å². The second-order valence-electron chi connectivity index (χ2n) is 7.93. The molecular formula is C19H26N2O5S. The van der Waals surface area contributed by atoms with Gasteiger partial charge in [-0.3, -0.25) is 9.69 Å². The quantitative estimate of drug-likeness (QED) is 0.696. The van der Waals surface area contributed by atoms with Crippen molar-refractivity contribution in [3.63, 3.8) is 0 Å². The van der Waals surface area contributed by atoms with Crippen LogP contribution in [0, 0.1) is 5.92 Å². The van der Waals surface area contributed by atoms with Crippen molar-refractivity contribution >= 4 is 16.0 Å². The minimum absolute atomic E-state index is 0.0332. The highest BCUT2D eigenvalue weighted by atomic mass is 32.2. The minimum Gasteiger partial charge on any atom is -0.493 e. The molecule has 1 aliphatic heterocycles. The van der Waals surface area contributed by atoms with Crippen molar-refractivity contribution in [2.45, 2.75) is 55.5 Å². The highest BCUT2D eigenvalue weighted by Gasteiger charge is 2.39. The molecule has 3 aliphatic rings. The third kappa shape index (κ3) is 4.44. The van der Waals surface area contributed by atoms with E-state index in [1.807, 2.05) is 4.90 Å². The van der Waals surface area contributed by atoms with Crippen LogP contribution in [-0.2, 0) is 21.2 Å². The summed E-state index contributed by atoms with van der Waals surface area (Å²) < 4.78 is 33.7. The van der Waals surface area contributed by atoms with Crippen LogP contribution in [-0.4, -0.2) is 56.2 Å². The van der Waals surface area contributed by atoms with E-state index in [1.165, 1.54) is 12.8 Å². The first-order valence-electron chi connectivity index (χ1n) is 9.64. The summed E-state index contributed by atoms with van der Waals surface area (Å²) in [6.45, 7) is 1.52. The molecule has 8 heteroatoms. The topological polar surface area (TPSA) is 95.9 Å². The highest BCUT2D eigenvalue weighted by molar-refractivity contribution is 7.89. The van der Waals surface area contributed by atoms with Gasteiger partial charge in [0.25, 0.3) is 0 Å². The molecule has 0 radical (unpaired) electrons. The molecule has 0 saturated heterocycles. The second kappa shape index (κ2) is 7.41. The van der Waals surface area contributed by atoms with Crippen molar-refractivity contribution < 1.29 is 23.1 Å². The lowest BCUT2D eigenvalue weighted by atomic mass is 9.86. The number of carboxylic acids is 1. The molecule has 7 nitrogen and oxygen atoms in total. The number of carboxylic acid groups (broad SMARTS) is 1. The Labute approximate surface area is 159 Å². The Hall–Kier alpha value is -1.64. The summed E-state index contributed by atoms with van der Waals surface area (Å²) in [7, 11) is -3.58. The number of carbonyl (C=O) groups is 1. The first-order chi connectivity index (χ1) is 12.9. The largest absolute Gasteiger partial charge is 0.493 e. The zero-order valence-electron chi connectivity index (χ0n) is 15.3. The number of ether oxygens (including phenoxy) is 1. The molecule has 2 fully saturated rings. The standard InChI is InChI=1S/C19H26N2O5S/c22-19(23)12-21(11-13-3-4-13)16-9-15(10-16)20-27(24,25)17-5-6-18-14(8-17)2-1-7-26-18/h5-6,8,13,15-16,20H,1-4,7,9-12H2,(H,22,23). The molecular weight excluding hydrogens is 368 g/mol. The van der Waals surface area contributed by atoms with Crippen LogP contribution in [0.25, 0.3) is 0 Å². The summed E-state index contributed by atoms with van der Waals surface area (Å²) >= 11 is 0. The van der Waals surface area contributed by atoms with E-state index in [-0.39, 0.29) is 23.5 Å². The number of aliphatic carboxylic acids is 1. The average molecular weight is 394 g/mol. The number of nitrogens with one attached hydrogen (secondary N) is 1. The molecule has 0 amide bonds. The van der Waals surface area contributed by atoms with Gasteiger partial charge in [-0.05, 0) is 68.2 Å². The lowest BCUT2D eigenvalue weighted by Gasteiger charge is -2.42. The third-order valence-corrected chi connectivity index (χ3v) is 7.19. The van der Waals surface area contributed by atoms with Gasteiger partial charge < -0.3 is 9.84 Å². The summed E-state index contributed by atoms with van der Waals surface area (Å²) in [6, 6.07) is 5.04. The van der Waals surface area contributed by atoms with Gasteiger partial charge in [0, 0.05) is 18.6 Å². The predicted molar refractivity (Wildman–Crippen MR) is 99.3 cm³/mol. The number of nitrogens with zero attached hydrogens (tertiary/aromatic N) is 1. The summed E-state index contributed by atoms with van der Waals surface area (Å²) in [5.74, 6) is 0.557. The highest BCUT2D eigenvalue weighted by Crippen LogP contribution is 2.34. The molecule has 1 aromatic rings. The second-order valence-corrected chi connectivity index (χ2v) is 9.65. The van der Waals surface area contributed by atoms with E-state index in [9.17, 15) is 13.2 Å². The molecule has 0 spiro atoms. The van der Waals surface area contributed by atoms with Gasteiger partial charge in [-0.2, -0.15) is 0 Å². The maximum atomic E-state index is 12.7. The normalized spacial score (nSPS) is 24.8. The molecule has 0 bridgehead atoms. The number of hydrogen-bond acceptors (Lipinski definition) is 5. The number of benzene rings is 1. The Balaban J connectivity index is 1.36. The van der Waals surface area contributed by atoms with Gasteiger partial charge in [-0.15, -0.1) is 0 Å². The Morgan fingerprint density at radius 2 is 2.07 bits per heavy atom. The molecule has 1 heterocycles. The molecule has 4 rings (SSSR count). The monoisotopic (exact) mass is 394 g/mol. The molecule has 2 saturated carbocycles. The van der Waals surface area contributed by atoms with E-state index >= 15 is 0 Å². The van der Waals surface area contributed by atoms with E-state index in [2.05, 4.69) is 4.72 Å². The zero-order chi connectivity index (χ0) is 19.0. The van der Waals surface area contributed by atoms with Crippen LogP contribution in [0.15, 0.2) is 23.1 Å². The molecule has 27 heavy (non-hydrogen) atoms. The number of fused-ring (bicyclic) bond motifs is 1. The number of hydrogen-bond donors (Lipinski definition) is 2. The molecule has 1 aromatic carbocycles. The van der Waals surface area contributed by atoms with Crippen molar-refractivity contribution in [3.05, 3.63) is 23.8 Å². The van der Waals surface area contributed by atoms with Crippen LogP contribution >= 0.6 is 0 Å². The SMILES string of the molecule is O=C(O)CN(CC1CC1)C1CC(NS(=O)(=O)c2ccc3c(c2)CCCO3)C1. The Kier molecular flexibility index (Phi) is 5.13. The maximum absolute atomic E-state index is 12.7. The third-order valence-electron chi connectivity index (χ3n) is 5.67. The Bertz CT molecular complexity index is 815. The first-order valence-corrected chi connectivity index (χ1v) is 11.1. The van der Waals surface area contributed by atoms with E-state index < -0.39 is 16.0 Å². The number of aryl methyl sites for hydroxylation is 1. The minimum atomic E-state index is -3.58. The average Bonchev–Trinajstić information content (AvgIpc) is 3.40. The van der Waals surface area contributed by atoms with Crippen LogP contribution in [0.3, 0.4) is 0 Å². The smallest absolute Gasteiger partial charge is 0.317 e. The molecule has 2 aliphatic carbocycles. The summed E-state index contributed by atoms with van der Waals surface area (Å²) in [6.07, 6.45) is 5.38. The van der Waals surface area contributed by atoms with Crippen molar-refractivity contribution in [2.24, 2.45) is 5.92 Å². The number of sulfonamides is 1. The van der Waals surface area contributed by atoms with E-state index in [1.54, 1.807) is 18.2 Å². The van der Waals surface area contributed by atoms with Gasteiger partial charge in [0.15, 0.2) is 0 Å². The van der Waals surface area contributed by atoms with Crippen LogP contribution in [0.4, 0.5) is 0 Å². The van der Waals surface area contributed by atoms with Crippen LogP contribution in [0.1, 0.15) is 37.7 Å². The fourth-order valence-corrected chi connectivity index (χ4v) is 5.23. The zero-order valence-corrected chi connectivity index (χ0v) is 16.1. The first kappa shape index (κ1) is 18.7. The van der Waals surface area contributed by atoms with E-state index in [4.69, 9.17) is 9.84 Å². The number of rotatable bonds is 8. The van der Waals surface area contributed by atoms with Gasteiger partial charge in [-0.25, -0.2) is 13.1 Å².